The van der Waals surface area contributed by atoms with Crippen molar-refractivity contribution in [3.05, 3.63) is 48.6 Å². The van der Waals surface area contributed by atoms with Gasteiger partial charge in [0, 0.05) is 0 Å². The van der Waals surface area contributed by atoms with Crippen molar-refractivity contribution in [2.45, 2.75) is 6.10 Å². The van der Waals surface area contributed by atoms with Gasteiger partial charge in [-0.15, -0.1) is 0 Å². The molecular formula is C13H14O5. The highest BCUT2D eigenvalue weighted by molar-refractivity contribution is 5.89. The van der Waals surface area contributed by atoms with Crippen LogP contribution >= 0.6 is 0 Å². The Morgan fingerprint density at radius 2 is 2.00 bits per heavy atom. The van der Waals surface area contributed by atoms with Crippen LogP contribution < -0.4 is 0 Å². The first kappa shape index (κ1) is 13.8. The van der Waals surface area contributed by atoms with E-state index in [-0.39, 0.29) is 6.61 Å². The fourth-order valence-corrected chi connectivity index (χ4v) is 1.14. The lowest BCUT2D eigenvalue weighted by molar-refractivity contribution is 0.0106. The van der Waals surface area contributed by atoms with Gasteiger partial charge in [0.2, 0.25) is 0 Å². The van der Waals surface area contributed by atoms with Crippen molar-refractivity contribution in [3.8, 4) is 0 Å². The van der Waals surface area contributed by atoms with E-state index in [1.165, 1.54) is 13.2 Å². The Balaban J connectivity index is 2.46. The molecule has 0 heterocycles. The number of methoxy groups -OCH3 is 1. The first-order valence-electron chi connectivity index (χ1n) is 5.26. The first-order chi connectivity index (χ1) is 8.67. The zero-order valence-electron chi connectivity index (χ0n) is 10.00. The van der Waals surface area contributed by atoms with Crippen LogP contribution in [-0.2, 0) is 14.2 Å². The van der Waals surface area contributed by atoms with Crippen LogP contribution in [-0.4, -0.2) is 31.9 Å². The Morgan fingerprint density at radius 1 is 1.33 bits per heavy atom. The Labute approximate surface area is 105 Å². The van der Waals surface area contributed by atoms with Crippen molar-refractivity contribution in [1.29, 1.82) is 0 Å². The van der Waals surface area contributed by atoms with E-state index in [4.69, 9.17) is 9.47 Å². The Bertz CT molecular complexity index is 413. The van der Waals surface area contributed by atoms with E-state index in [9.17, 15) is 9.59 Å². The van der Waals surface area contributed by atoms with E-state index in [1.807, 2.05) is 0 Å². The first-order valence-corrected chi connectivity index (χ1v) is 5.26. The van der Waals surface area contributed by atoms with Gasteiger partial charge in [0.25, 0.3) is 0 Å². The second-order valence-electron chi connectivity index (χ2n) is 3.31. The maximum atomic E-state index is 11.6. The summed E-state index contributed by atoms with van der Waals surface area (Å²) in [7, 11) is 1.19. The molecule has 0 amide bonds. The van der Waals surface area contributed by atoms with E-state index >= 15 is 0 Å². The summed E-state index contributed by atoms with van der Waals surface area (Å²) in [5.74, 6) is -0.490. The van der Waals surface area contributed by atoms with E-state index in [0.717, 1.165) is 0 Å². The zero-order chi connectivity index (χ0) is 13.4. The molecule has 0 aliphatic carbocycles. The second-order valence-corrected chi connectivity index (χ2v) is 3.31. The summed E-state index contributed by atoms with van der Waals surface area (Å²) in [6, 6.07) is 8.52. The molecule has 0 saturated carbocycles. The number of ether oxygens (including phenoxy) is 3. The molecule has 0 spiro atoms. The number of rotatable bonds is 5. The molecule has 5 nitrogen and oxygen atoms in total. The largest absolute Gasteiger partial charge is 0.508 e. The predicted octanol–water partition coefficient (Wildman–Crippen LogP) is 2.18. The third kappa shape index (κ3) is 4.29. The molecule has 1 aromatic carbocycles. The maximum absolute atomic E-state index is 11.6. The number of benzene rings is 1. The molecule has 0 aliphatic rings. The van der Waals surface area contributed by atoms with Crippen molar-refractivity contribution in [2.75, 3.05) is 13.7 Å². The van der Waals surface area contributed by atoms with Crippen molar-refractivity contribution < 1.29 is 23.8 Å². The van der Waals surface area contributed by atoms with E-state index in [2.05, 4.69) is 11.3 Å². The van der Waals surface area contributed by atoms with E-state index in [0.29, 0.717) is 5.56 Å². The average molecular weight is 250 g/mol. The molecule has 0 aromatic heterocycles. The van der Waals surface area contributed by atoms with Crippen molar-refractivity contribution in [3.63, 3.8) is 0 Å². The standard InChI is InChI=1S/C13H14O5/c1-3-11(18-13(15)16-2)9-17-12(14)10-7-5-4-6-8-10/h3-8,11H,1,9H2,2H3. The van der Waals surface area contributed by atoms with Gasteiger partial charge in [-0.2, -0.15) is 0 Å². The van der Waals surface area contributed by atoms with Gasteiger partial charge in [-0.3, -0.25) is 0 Å². The third-order valence-corrected chi connectivity index (χ3v) is 2.07. The number of esters is 1. The number of hydrogen-bond acceptors (Lipinski definition) is 5. The lowest BCUT2D eigenvalue weighted by atomic mass is 10.2. The second kappa shape index (κ2) is 7.11. The smallest absolute Gasteiger partial charge is 0.458 e. The van der Waals surface area contributed by atoms with Gasteiger partial charge in [-0.05, 0) is 18.2 Å². The van der Waals surface area contributed by atoms with Gasteiger partial charge in [-0.1, -0.05) is 24.8 Å². The molecule has 0 N–H and O–H groups in total. The molecule has 0 fully saturated rings. The van der Waals surface area contributed by atoms with Crippen molar-refractivity contribution in [1.82, 2.24) is 0 Å². The van der Waals surface area contributed by atoms with Crippen molar-refractivity contribution >= 4 is 12.1 Å². The molecule has 1 atom stereocenters. The topological polar surface area (TPSA) is 61.8 Å². The molecule has 5 heteroatoms. The van der Waals surface area contributed by atoms with Crippen molar-refractivity contribution in [2.24, 2.45) is 0 Å². The summed E-state index contributed by atoms with van der Waals surface area (Å²) in [6.45, 7) is 3.37. The summed E-state index contributed by atoms with van der Waals surface area (Å²) in [6.07, 6.45) is -0.226. The normalized spacial score (nSPS) is 11.2. The predicted molar refractivity (Wildman–Crippen MR) is 64.2 cm³/mol. The van der Waals surface area contributed by atoms with Crippen LogP contribution in [0.5, 0.6) is 0 Å². The Hall–Kier alpha value is -2.30. The molecule has 0 saturated heterocycles. The molecule has 96 valence electrons. The van der Waals surface area contributed by atoms with E-state index in [1.54, 1.807) is 30.3 Å². The highest BCUT2D eigenvalue weighted by atomic mass is 16.7. The minimum absolute atomic E-state index is 0.105. The molecule has 0 aliphatic heterocycles. The van der Waals surface area contributed by atoms with Crippen LogP contribution in [0.4, 0.5) is 4.79 Å². The quantitative estimate of drug-likeness (QED) is 0.592. The van der Waals surface area contributed by atoms with Crippen LogP contribution in [0.1, 0.15) is 10.4 Å². The number of carbonyl (C=O) groups excluding carboxylic acids is 2. The van der Waals surface area contributed by atoms with Gasteiger partial charge in [-0.25, -0.2) is 9.59 Å². The van der Waals surface area contributed by atoms with Crippen LogP contribution in [0.15, 0.2) is 43.0 Å². The Kier molecular flexibility index (Phi) is 5.44. The average Bonchev–Trinajstić information content (AvgIpc) is 2.43. The van der Waals surface area contributed by atoms with Crippen LogP contribution in [0.25, 0.3) is 0 Å². The molecule has 1 aromatic rings. The lowest BCUT2D eigenvalue weighted by Crippen LogP contribution is -2.23. The highest BCUT2D eigenvalue weighted by Crippen LogP contribution is 2.03. The minimum Gasteiger partial charge on any atom is -0.458 e. The fourth-order valence-electron chi connectivity index (χ4n) is 1.14. The van der Waals surface area contributed by atoms with Gasteiger partial charge in [0.1, 0.15) is 6.61 Å². The summed E-state index contributed by atoms with van der Waals surface area (Å²) < 4.78 is 14.1. The summed E-state index contributed by atoms with van der Waals surface area (Å²) >= 11 is 0. The monoisotopic (exact) mass is 250 g/mol. The van der Waals surface area contributed by atoms with Gasteiger partial charge in [0.15, 0.2) is 6.10 Å². The van der Waals surface area contributed by atoms with Gasteiger partial charge < -0.3 is 14.2 Å². The molecule has 18 heavy (non-hydrogen) atoms. The summed E-state index contributed by atoms with van der Waals surface area (Å²) in [5, 5.41) is 0. The SMILES string of the molecule is C=CC(COC(=O)c1ccccc1)OC(=O)OC. The molecule has 0 radical (unpaired) electrons. The molecule has 0 bridgehead atoms. The zero-order valence-corrected chi connectivity index (χ0v) is 10.00. The van der Waals surface area contributed by atoms with Gasteiger partial charge >= 0.3 is 12.1 Å². The molecule has 1 rings (SSSR count). The van der Waals surface area contributed by atoms with Crippen LogP contribution in [0, 0.1) is 0 Å². The Morgan fingerprint density at radius 3 is 2.56 bits per heavy atom. The summed E-state index contributed by atoms with van der Waals surface area (Å²) in [5.41, 5.74) is 0.429. The summed E-state index contributed by atoms with van der Waals surface area (Å²) in [4.78, 5) is 22.5. The lowest BCUT2D eigenvalue weighted by Gasteiger charge is -2.13. The van der Waals surface area contributed by atoms with Gasteiger partial charge in [0.05, 0.1) is 12.7 Å². The van der Waals surface area contributed by atoms with E-state index < -0.39 is 18.2 Å². The minimum atomic E-state index is -0.851. The molecular weight excluding hydrogens is 236 g/mol. The fraction of sp³-hybridized carbons (Fsp3) is 0.231. The maximum Gasteiger partial charge on any atom is 0.508 e. The third-order valence-electron chi connectivity index (χ3n) is 2.07. The number of carbonyl (C=O) groups is 2. The molecule has 1 unspecified atom stereocenters. The highest BCUT2D eigenvalue weighted by Gasteiger charge is 2.14. The number of hydrogen-bond donors (Lipinski definition) is 0. The van der Waals surface area contributed by atoms with Crippen LogP contribution in [0.2, 0.25) is 0 Å². The van der Waals surface area contributed by atoms with Crippen LogP contribution in [0.3, 0.4) is 0 Å².